The van der Waals surface area contributed by atoms with E-state index in [1.165, 1.54) is 5.57 Å². The predicted octanol–water partition coefficient (Wildman–Crippen LogP) is 4.00. The van der Waals surface area contributed by atoms with E-state index in [0.29, 0.717) is 6.61 Å². The first-order valence-corrected chi connectivity index (χ1v) is 7.23. The molecule has 3 nitrogen and oxygen atoms in total. The minimum Gasteiger partial charge on any atom is -0.493 e. The molecule has 0 unspecified atom stereocenters. The van der Waals surface area contributed by atoms with Crippen molar-refractivity contribution in [3.8, 4) is 5.75 Å². The zero-order valence-corrected chi connectivity index (χ0v) is 12.4. The number of nitrogens with two attached hydrogens (primary N) is 2. The van der Waals surface area contributed by atoms with Crippen molar-refractivity contribution in [2.45, 2.75) is 19.8 Å². The van der Waals surface area contributed by atoms with Gasteiger partial charge in [0, 0.05) is 22.9 Å². The number of allylic oxidation sites excluding steroid dienone is 2. The summed E-state index contributed by atoms with van der Waals surface area (Å²) in [6, 6.07) is 11.8. The monoisotopic (exact) mass is 282 g/mol. The quantitative estimate of drug-likeness (QED) is 0.622. The van der Waals surface area contributed by atoms with Crippen molar-refractivity contribution in [2.75, 3.05) is 12.3 Å². The van der Waals surface area contributed by atoms with Gasteiger partial charge in [-0.3, -0.25) is 0 Å². The van der Waals surface area contributed by atoms with Crippen molar-refractivity contribution in [1.82, 2.24) is 0 Å². The standard InChI is InChI=1S/C18H22N2O/c1-2-5-14(10-12-19)11-13-21-18-9-8-17(20)15-6-3-4-7-16(15)18/h3-10,12H,2,11,13,19-20H2,1H3/b12-10-,14-5+. The van der Waals surface area contributed by atoms with E-state index in [0.717, 1.165) is 35.1 Å². The van der Waals surface area contributed by atoms with Crippen LogP contribution >= 0.6 is 0 Å². The second-order valence-electron chi connectivity index (χ2n) is 4.84. The summed E-state index contributed by atoms with van der Waals surface area (Å²) >= 11 is 0. The first-order chi connectivity index (χ1) is 10.3. The molecule has 0 aliphatic rings. The molecule has 0 aromatic heterocycles. The molecule has 0 fully saturated rings. The molecule has 2 aromatic rings. The fourth-order valence-electron chi connectivity index (χ4n) is 2.34. The van der Waals surface area contributed by atoms with Gasteiger partial charge in [0.2, 0.25) is 0 Å². The van der Waals surface area contributed by atoms with E-state index in [2.05, 4.69) is 13.0 Å². The molecule has 2 rings (SSSR count). The average molecular weight is 282 g/mol. The number of nitrogen functional groups attached to an aromatic ring is 1. The summed E-state index contributed by atoms with van der Waals surface area (Å²) in [6.45, 7) is 2.72. The van der Waals surface area contributed by atoms with Crippen LogP contribution in [-0.4, -0.2) is 6.61 Å². The smallest absolute Gasteiger partial charge is 0.127 e. The van der Waals surface area contributed by atoms with Gasteiger partial charge < -0.3 is 16.2 Å². The third kappa shape index (κ3) is 3.78. The summed E-state index contributed by atoms with van der Waals surface area (Å²) in [5.41, 5.74) is 13.4. The van der Waals surface area contributed by atoms with Gasteiger partial charge in [-0.15, -0.1) is 0 Å². The number of fused-ring (bicyclic) bond motifs is 1. The van der Waals surface area contributed by atoms with Crippen LogP contribution in [-0.2, 0) is 0 Å². The van der Waals surface area contributed by atoms with Gasteiger partial charge >= 0.3 is 0 Å². The van der Waals surface area contributed by atoms with Crippen LogP contribution in [0.25, 0.3) is 10.8 Å². The Labute approximate surface area is 125 Å². The molecular weight excluding hydrogens is 260 g/mol. The van der Waals surface area contributed by atoms with Gasteiger partial charge in [0.05, 0.1) is 6.61 Å². The molecule has 0 spiro atoms. The molecule has 0 radical (unpaired) electrons. The van der Waals surface area contributed by atoms with Crippen molar-refractivity contribution < 1.29 is 4.74 Å². The molecule has 0 saturated carbocycles. The third-order valence-electron chi connectivity index (χ3n) is 3.34. The van der Waals surface area contributed by atoms with Crippen molar-refractivity contribution in [3.05, 3.63) is 60.3 Å². The predicted molar refractivity (Wildman–Crippen MR) is 90.2 cm³/mol. The van der Waals surface area contributed by atoms with Gasteiger partial charge in [0.25, 0.3) is 0 Å². The van der Waals surface area contributed by atoms with Crippen molar-refractivity contribution in [2.24, 2.45) is 5.73 Å². The maximum Gasteiger partial charge on any atom is 0.127 e. The zero-order valence-electron chi connectivity index (χ0n) is 12.4. The van der Waals surface area contributed by atoms with E-state index in [4.69, 9.17) is 16.2 Å². The lowest BCUT2D eigenvalue weighted by molar-refractivity contribution is 0.326. The number of hydrogen-bond donors (Lipinski definition) is 2. The van der Waals surface area contributed by atoms with Gasteiger partial charge in [0.1, 0.15) is 5.75 Å². The van der Waals surface area contributed by atoms with Gasteiger partial charge in [-0.1, -0.05) is 37.3 Å². The number of ether oxygens (including phenoxy) is 1. The molecule has 0 amide bonds. The summed E-state index contributed by atoms with van der Waals surface area (Å²) < 4.78 is 5.93. The van der Waals surface area contributed by atoms with Crippen LogP contribution in [0.5, 0.6) is 5.75 Å². The number of benzene rings is 2. The van der Waals surface area contributed by atoms with Crippen molar-refractivity contribution >= 4 is 16.5 Å². The van der Waals surface area contributed by atoms with Crippen LogP contribution in [0.3, 0.4) is 0 Å². The number of anilines is 1. The van der Waals surface area contributed by atoms with Crippen molar-refractivity contribution in [3.63, 3.8) is 0 Å². The molecule has 0 aliphatic heterocycles. The second kappa shape index (κ2) is 7.39. The maximum absolute atomic E-state index is 5.99. The summed E-state index contributed by atoms with van der Waals surface area (Å²) in [7, 11) is 0. The Bertz CT molecular complexity index is 659. The highest BCUT2D eigenvalue weighted by atomic mass is 16.5. The zero-order chi connectivity index (χ0) is 15.1. The Morgan fingerprint density at radius 2 is 1.90 bits per heavy atom. The molecule has 0 heterocycles. The Morgan fingerprint density at radius 3 is 2.62 bits per heavy atom. The third-order valence-corrected chi connectivity index (χ3v) is 3.34. The molecule has 21 heavy (non-hydrogen) atoms. The van der Waals surface area contributed by atoms with Crippen LogP contribution < -0.4 is 16.2 Å². The first-order valence-electron chi connectivity index (χ1n) is 7.23. The minimum atomic E-state index is 0.615. The van der Waals surface area contributed by atoms with Gasteiger partial charge in [-0.2, -0.15) is 0 Å². The summed E-state index contributed by atoms with van der Waals surface area (Å²) in [5.74, 6) is 0.868. The van der Waals surface area contributed by atoms with Crippen molar-refractivity contribution in [1.29, 1.82) is 0 Å². The van der Waals surface area contributed by atoms with E-state index in [1.54, 1.807) is 6.20 Å². The molecular formula is C18H22N2O. The topological polar surface area (TPSA) is 61.3 Å². The van der Waals surface area contributed by atoms with E-state index >= 15 is 0 Å². The Hall–Kier alpha value is -2.42. The van der Waals surface area contributed by atoms with E-state index in [9.17, 15) is 0 Å². The van der Waals surface area contributed by atoms with Gasteiger partial charge in [-0.05, 0) is 36.4 Å². The lowest BCUT2D eigenvalue weighted by Gasteiger charge is -2.11. The number of rotatable bonds is 6. The summed E-state index contributed by atoms with van der Waals surface area (Å²) in [4.78, 5) is 0. The Balaban J connectivity index is 2.11. The van der Waals surface area contributed by atoms with Gasteiger partial charge in [-0.25, -0.2) is 0 Å². The summed E-state index contributed by atoms with van der Waals surface area (Å²) in [6.07, 6.45) is 7.48. The van der Waals surface area contributed by atoms with Crippen LogP contribution in [0.15, 0.2) is 60.3 Å². The lowest BCUT2D eigenvalue weighted by atomic mass is 10.1. The SMILES string of the molecule is CC/C=C(\C=C/N)CCOc1ccc(N)c2ccccc12. The fraction of sp³-hybridized carbons (Fsp3) is 0.222. The van der Waals surface area contributed by atoms with Gasteiger partial charge in [0.15, 0.2) is 0 Å². The molecule has 4 N–H and O–H groups in total. The lowest BCUT2D eigenvalue weighted by Crippen LogP contribution is -2.00. The molecule has 0 bridgehead atoms. The highest BCUT2D eigenvalue weighted by Gasteiger charge is 2.04. The van der Waals surface area contributed by atoms with E-state index in [-0.39, 0.29) is 0 Å². The normalized spacial score (nSPS) is 12.1. The highest BCUT2D eigenvalue weighted by molar-refractivity contribution is 5.96. The van der Waals surface area contributed by atoms with Crippen LogP contribution in [0.2, 0.25) is 0 Å². The number of hydrogen-bond acceptors (Lipinski definition) is 3. The van der Waals surface area contributed by atoms with E-state index < -0.39 is 0 Å². The molecule has 0 saturated heterocycles. The summed E-state index contributed by atoms with van der Waals surface area (Å²) in [5, 5.41) is 2.08. The van der Waals surface area contributed by atoms with Crippen LogP contribution in [0, 0.1) is 0 Å². The first kappa shape index (κ1) is 15.0. The molecule has 3 heteroatoms. The molecule has 110 valence electrons. The Morgan fingerprint density at radius 1 is 1.14 bits per heavy atom. The molecule has 0 aliphatic carbocycles. The maximum atomic E-state index is 5.99. The fourth-order valence-corrected chi connectivity index (χ4v) is 2.34. The van der Waals surface area contributed by atoms with Crippen LogP contribution in [0.4, 0.5) is 5.69 Å². The largest absolute Gasteiger partial charge is 0.493 e. The highest BCUT2D eigenvalue weighted by Crippen LogP contribution is 2.30. The average Bonchev–Trinajstić information content (AvgIpc) is 2.50. The minimum absolute atomic E-state index is 0.615. The Kier molecular flexibility index (Phi) is 5.27. The molecule has 0 atom stereocenters. The molecule has 2 aromatic carbocycles. The second-order valence-corrected chi connectivity index (χ2v) is 4.84. The van der Waals surface area contributed by atoms with Crippen LogP contribution in [0.1, 0.15) is 19.8 Å². The van der Waals surface area contributed by atoms with E-state index in [1.807, 2.05) is 42.5 Å².